The average molecular weight is 274 g/mol. The summed E-state index contributed by atoms with van der Waals surface area (Å²) in [6, 6.07) is 0. The van der Waals surface area contributed by atoms with Crippen LogP contribution in [0.2, 0.25) is 0 Å². The summed E-state index contributed by atoms with van der Waals surface area (Å²) in [7, 11) is 0. The van der Waals surface area contributed by atoms with Crippen molar-refractivity contribution in [1.82, 2.24) is 15.0 Å². The van der Waals surface area contributed by atoms with E-state index in [0.29, 0.717) is 17.8 Å². The molecule has 1 aromatic rings. The van der Waals surface area contributed by atoms with Crippen LogP contribution >= 0.6 is 0 Å². The Morgan fingerprint density at radius 3 is 2.75 bits per heavy atom. The number of aliphatic imine (C=N–C) groups is 1. The van der Waals surface area contributed by atoms with E-state index in [1.807, 2.05) is 12.4 Å². The van der Waals surface area contributed by atoms with Crippen molar-refractivity contribution in [3.8, 4) is 0 Å². The van der Waals surface area contributed by atoms with Crippen molar-refractivity contribution in [3.05, 3.63) is 31.2 Å². The molecule has 0 bridgehead atoms. The second-order valence-electron chi connectivity index (χ2n) is 5.47. The van der Waals surface area contributed by atoms with Gasteiger partial charge in [-0.3, -0.25) is 4.99 Å². The molecule has 20 heavy (non-hydrogen) atoms. The van der Waals surface area contributed by atoms with Crippen LogP contribution in [0, 0.1) is 11.8 Å². The third-order valence-electron chi connectivity index (χ3n) is 3.75. The zero-order chi connectivity index (χ0) is 15.1. The van der Waals surface area contributed by atoms with Crippen LogP contribution in [0.3, 0.4) is 0 Å². The molecule has 0 saturated heterocycles. The Hall–Kier alpha value is -1.71. The average Bonchev–Trinajstić information content (AvgIpc) is 2.92. The van der Waals surface area contributed by atoms with Crippen molar-refractivity contribution in [1.29, 1.82) is 0 Å². The molecule has 0 spiro atoms. The Morgan fingerprint density at radius 2 is 2.15 bits per heavy atom. The molecule has 0 aromatic carbocycles. The summed E-state index contributed by atoms with van der Waals surface area (Å²) in [5.41, 5.74) is 2.00. The Balaban J connectivity index is 2.66. The van der Waals surface area contributed by atoms with Crippen LogP contribution in [-0.4, -0.2) is 21.2 Å². The molecule has 3 unspecified atom stereocenters. The number of hydrogen-bond donors (Lipinski definition) is 0. The van der Waals surface area contributed by atoms with Crippen molar-refractivity contribution < 1.29 is 0 Å². The molecule has 4 heteroatoms. The molecule has 0 amide bonds. The highest BCUT2D eigenvalue weighted by Gasteiger charge is 2.19. The van der Waals surface area contributed by atoms with E-state index in [1.54, 1.807) is 10.9 Å². The fourth-order valence-electron chi connectivity index (χ4n) is 2.15. The maximum Gasteiger partial charge on any atom is 0.0862 e. The number of rotatable bonds is 8. The largest absolute Gasteiger partial charge is 0.269 e. The first kappa shape index (κ1) is 16.3. The summed E-state index contributed by atoms with van der Waals surface area (Å²) in [6.07, 6.45) is 7.47. The summed E-state index contributed by atoms with van der Waals surface area (Å²) >= 11 is 0. The molecular weight excluding hydrogens is 248 g/mol. The normalized spacial score (nSPS) is 16.0. The van der Waals surface area contributed by atoms with Crippen LogP contribution in [0.1, 0.15) is 52.1 Å². The summed E-state index contributed by atoms with van der Waals surface area (Å²) in [6.45, 7) is 16.3. The molecule has 0 N–H and O–H groups in total. The van der Waals surface area contributed by atoms with Crippen LogP contribution < -0.4 is 0 Å². The van der Waals surface area contributed by atoms with E-state index in [0.717, 1.165) is 24.2 Å². The number of aromatic nitrogens is 3. The van der Waals surface area contributed by atoms with Gasteiger partial charge in [-0.15, -0.1) is 5.10 Å². The van der Waals surface area contributed by atoms with Gasteiger partial charge < -0.3 is 0 Å². The lowest BCUT2D eigenvalue weighted by atomic mass is 9.86. The first-order chi connectivity index (χ1) is 9.49. The van der Waals surface area contributed by atoms with E-state index in [2.05, 4.69) is 56.2 Å². The molecule has 1 aromatic heterocycles. The summed E-state index contributed by atoms with van der Waals surface area (Å²) in [4.78, 5) is 4.09. The molecule has 1 heterocycles. The van der Waals surface area contributed by atoms with Gasteiger partial charge >= 0.3 is 0 Å². The van der Waals surface area contributed by atoms with Gasteiger partial charge in [-0.2, -0.15) is 0 Å². The summed E-state index contributed by atoms with van der Waals surface area (Å²) < 4.78 is 1.78. The molecule has 0 aliphatic heterocycles. The zero-order valence-electron chi connectivity index (χ0n) is 13.1. The lowest BCUT2D eigenvalue weighted by molar-refractivity contribution is 0.415. The standard InChI is InChI=1S/C16H26N4/c1-7-14(5)20-11-16(18-19-20)15(6)13(4)9-12(3)10-17-8-2/h8,10-13,15H,2,5,7,9H2,1,3-4,6H3/b17-10+. The molecule has 0 radical (unpaired) electrons. The molecule has 0 aliphatic carbocycles. The Labute approximate surface area is 122 Å². The molecule has 4 nitrogen and oxygen atoms in total. The minimum absolute atomic E-state index is 0.369. The molecule has 3 atom stereocenters. The van der Waals surface area contributed by atoms with Gasteiger partial charge in [0.15, 0.2) is 0 Å². The van der Waals surface area contributed by atoms with Crippen LogP contribution in [0.15, 0.2) is 30.5 Å². The number of allylic oxidation sites excluding steroid dienone is 1. The van der Waals surface area contributed by atoms with Crippen molar-refractivity contribution in [2.45, 2.75) is 46.5 Å². The number of nitrogens with zero attached hydrogens (tertiary/aromatic N) is 4. The first-order valence-corrected chi connectivity index (χ1v) is 7.24. The van der Waals surface area contributed by atoms with Crippen LogP contribution in [0.25, 0.3) is 5.70 Å². The molecule has 0 fully saturated rings. The summed E-state index contributed by atoms with van der Waals surface area (Å²) in [5.74, 6) is 1.32. The predicted octanol–water partition coefficient (Wildman–Crippen LogP) is 4.14. The highest BCUT2D eigenvalue weighted by Crippen LogP contribution is 2.27. The topological polar surface area (TPSA) is 43.1 Å². The summed E-state index contributed by atoms with van der Waals surface area (Å²) in [5, 5.41) is 8.42. The van der Waals surface area contributed by atoms with Gasteiger partial charge in [0, 0.05) is 24.0 Å². The van der Waals surface area contributed by atoms with Crippen molar-refractivity contribution in [3.63, 3.8) is 0 Å². The van der Waals surface area contributed by atoms with E-state index >= 15 is 0 Å². The van der Waals surface area contributed by atoms with E-state index in [-0.39, 0.29) is 0 Å². The van der Waals surface area contributed by atoms with Gasteiger partial charge in [0.2, 0.25) is 0 Å². The van der Waals surface area contributed by atoms with Gasteiger partial charge in [0.05, 0.1) is 11.9 Å². The van der Waals surface area contributed by atoms with Crippen LogP contribution in [0.5, 0.6) is 0 Å². The Morgan fingerprint density at radius 1 is 1.45 bits per heavy atom. The van der Waals surface area contributed by atoms with E-state index < -0.39 is 0 Å². The second kappa shape index (κ2) is 7.78. The molecule has 0 aliphatic rings. The lowest BCUT2D eigenvalue weighted by Crippen LogP contribution is -2.11. The minimum atomic E-state index is 0.369. The highest BCUT2D eigenvalue weighted by molar-refractivity contribution is 5.60. The van der Waals surface area contributed by atoms with Crippen molar-refractivity contribution in [2.75, 3.05) is 0 Å². The minimum Gasteiger partial charge on any atom is -0.269 e. The monoisotopic (exact) mass is 274 g/mol. The fourth-order valence-corrected chi connectivity index (χ4v) is 2.15. The van der Waals surface area contributed by atoms with Crippen molar-refractivity contribution in [2.24, 2.45) is 16.8 Å². The maximum absolute atomic E-state index is 4.28. The third kappa shape index (κ3) is 4.44. The lowest BCUT2D eigenvalue weighted by Gasteiger charge is -2.19. The van der Waals surface area contributed by atoms with E-state index in [9.17, 15) is 0 Å². The zero-order valence-corrected chi connectivity index (χ0v) is 13.1. The quantitative estimate of drug-likeness (QED) is 0.669. The Bertz CT molecular complexity index is 473. The molecule has 110 valence electrons. The van der Waals surface area contributed by atoms with E-state index in [1.165, 1.54) is 0 Å². The van der Waals surface area contributed by atoms with Crippen LogP contribution in [0.4, 0.5) is 0 Å². The maximum atomic E-state index is 4.28. The first-order valence-electron chi connectivity index (χ1n) is 7.24. The van der Waals surface area contributed by atoms with Gasteiger partial charge in [-0.25, -0.2) is 4.68 Å². The Kier molecular flexibility index (Phi) is 6.36. The third-order valence-corrected chi connectivity index (χ3v) is 3.75. The van der Waals surface area contributed by atoms with Crippen LogP contribution in [-0.2, 0) is 0 Å². The molecular formula is C16H26N4. The smallest absolute Gasteiger partial charge is 0.0862 e. The van der Waals surface area contributed by atoms with Gasteiger partial charge in [-0.05, 0) is 24.7 Å². The van der Waals surface area contributed by atoms with E-state index in [4.69, 9.17) is 0 Å². The van der Waals surface area contributed by atoms with Gasteiger partial charge in [0.25, 0.3) is 0 Å². The molecule has 0 saturated carbocycles. The second-order valence-corrected chi connectivity index (χ2v) is 5.47. The highest BCUT2D eigenvalue weighted by atomic mass is 15.4. The van der Waals surface area contributed by atoms with Gasteiger partial charge in [0.1, 0.15) is 0 Å². The predicted molar refractivity (Wildman–Crippen MR) is 85.7 cm³/mol. The van der Waals surface area contributed by atoms with Crippen molar-refractivity contribution >= 4 is 11.9 Å². The number of hydrogen-bond acceptors (Lipinski definition) is 3. The molecule has 1 rings (SSSR count). The SMILES string of the molecule is C=C/N=C/C(C)CC(C)C(C)c1cn(C(=C)CC)nn1. The van der Waals surface area contributed by atoms with Gasteiger partial charge in [-0.1, -0.05) is 46.1 Å². The fraction of sp³-hybridized carbons (Fsp3) is 0.562.